The highest BCUT2D eigenvalue weighted by Gasteiger charge is 2.71. The van der Waals surface area contributed by atoms with E-state index >= 15 is 0 Å². The van der Waals surface area contributed by atoms with E-state index in [1.165, 1.54) is 0 Å². The lowest BCUT2D eigenvalue weighted by atomic mass is 10.1. The van der Waals surface area contributed by atoms with E-state index in [2.05, 4.69) is 31.9 Å². The number of halogens is 2. The number of Topliss-reactive ketones (excluding diaryl/α,β-unsaturated/α-hetero) is 1. The third-order valence-electron chi connectivity index (χ3n) is 3.81. The van der Waals surface area contributed by atoms with Gasteiger partial charge in [0.1, 0.15) is 3.23 Å². The van der Waals surface area contributed by atoms with Crippen molar-refractivity contribution in [3.63, 3.8) is 0 Å². The molecular formula is C9H11Br2NO2. The molecule has 3 aliphatic rings. The Morgan fingerprint density at radius 1 is 1.36 bits per heavy atom. The Balaban J connectivity index is 2.13. The van der Waals surface area contributed by atoms with Crippen LogP contribution >= 0.6 is 31.9 Å². The number of hydrogen-bond donors (Lipinski definition) is 1. The zero-order valence-electron chi connectivity index (χ0n) is 7.54. The predicted molar refractivity (Wildman–Crippen MR) is 58.4 cm³/mol. The van der Waals surface area contributed by atoms with Crippen molar-refractivity contribution in [1.29, 1.82) is 0 Å². The minimum absolute atomic E-state index is 0.0431. The average Bonchev–Trinajstić information content (AvgIpc) is 2.61. The molecule has 0 saturated carbocycles. The number of hydrogen-bond acceptors (Lipinski definition) is 3. The van der Waals surface area contributed by atoms with Crippen LogP contribution in [-0.4, -0.2) is 36.8 Å². The third kappa shape index (κ3) is 0.883. The average molecular weight is 325 g/mol. The van der Waals surface area contributed by atoms with Crippen LogP contribution in [-0.2, 0) is 4.79 Å². The Hall–Kier alpha value is 0.550. The maximum absolute atomic E-state index is 11.8. The number of carbonyl (C=O) groups excluding carboxylic acids is 1. The van der Waals surface area contributed by atoms with E-state index in [0.717, 1.165) is 19.3 Å². The summed E-state index contributed by atoms with van der Waals surface area (Å²) in [5.74, 6) is -0.0431. The molecule has 3 rings (SSSR count). The Morgan fingerprint density at radius 3 is 2.71 bits per heavy atom. The number of alkyl halides is 2. The van der Waals surface area contributed by atoms with Gasteiger partial charge in [0.15, 0.2) is 5.78 Å². The van der Waals surface area contributed by atoms with E-state index < -0.39 is 8.96 Å². The van der Waals surface area contributed by atoms with Gasteiger partial charge in [-0.05, 0) is 19.3 Å². The number of rotatable bonds is 0. The van der Waals surface area contributed by atoms with Crippen molar-refractivity contribution in [1.82, 2.24) is 4.90 Å². The largest absolute Gasteiger partial charge is 0.367 e. The molecule has 3 atom stereocenters. The minimum atomic E-state index is -1.31. The zero-order chi connectivity index (χ0) is 10.1. The molecule has 3 nitrogen and oxygen atoms in total. The van der Waals surface area contributed by atoms with Gasteiger partial charge in [-0.2, -0.15) is 0 Å². The van der Waals surface area contributed by atoms with Gasteiger partial charge in [-0.25, -0.2) is 0 Å². The summed E-state index contributed by atoms with van der Waals surface area (Å²) in [6, 6.07) is 0.629. The van der Waals surface area contributed by atoms with Crippen LogP contribution in [0.2, 0.25) is 0 Å². The van der Waals surface area contributed by atoms with Gasteiger partial charge in [-0.1, -0.05) is 31.9 Å². The molecule has 78 valence electrons. The number of carbonyl (C=O) groups is 1. The second-order valence-corrected chi connectivity index (χ2v) is 8.27. The van der Waals surface area contributed by atoms with E-state index in [9.17, 15) is 9.90 Å². The Labute approximate surface area is 99.1 Å². The second-order valence-electron chi connectivity index (χ2n) is 4.50. The molecule has 0 unspecified atom stereocenters. The molecule has 0 bridgehead atoms. The fraction of sp³-hybridized carbons (Fsp3) is 0.889. The van der Waals surface area contributed by atoms with Crippen LogP contribution in [0.3, 0.4) is 0 Å². The first-order chi connectivity index (χ1) is 6.47. The molecule has 3 fully saturated rings. The summed E-state index contributed by atoms with van der Waals surface area (Å²) >= 11 is 6.90. The highest BCUT2D eigenvalue weighted by Crippen LogP contribution is 2.59. The molecule has 0 aromatic rings. The van der Waals surface area contributed by atoms with Crippen molar-refractivity contribution in [2.75, 3.05) is 0 Å². The Bertz CT molecular complexity index is 320. The monoisotopic (exact) mass is 323 g/mol. The second kappa shape index (κ2) is 2.62. The predicted octanol–water partition coefficient (Wildman–Crippen LogP) is 1.37. The SMILES string of the molecule is O=C1C[C@H]2CC[C@H]3CC(Br)(Br)[C@]1(O)N23. The van der Waals surface area contributed by atoms with Crippen molar-refractivity contribution in [3.8, 4) is 0 Å². The Morgan fingerprint density at radius 2 is 2.00 bits per heavy atom. The summed E-state index contributed by atoms with van der Waals surface area (Å²) in [4.78, 5) is 13.8. The summed E-state index contributed by atoms with van der Waals surface area (Å²) in [6.45, 7) is 0. The van der Waals surface area contributed by atoms with Crippen LogP contribution in [0.25, 0.3) is 0 Å². The fourth-order valence-corrected chi connectivity index (χ4v) is 4.82. The van der Waals surface area contributed by atoms with Crippen LogP contribution in [0.4, 0.5) is 0 Å². The zero-order valence-corrected chi connectivity index (χ0v) is 10.7. The maximum atomic E-state index is 11.8. The molecule has 0 amide bonds. The van der Waals surface area contributed by atoms with Crippen molar-refractivity contribution < 1.29 is 9.90 Å². The number of aliphatic hydroxyl groups is 1. The molecule has 0 aliphatic carbocycles. The van der Waals surface area contributed by atoms with Gasteiger partial charge in [0.2, 0.25) is 5.72 Å². The summed E-state index contributed by atoms with van der Waals surface area (Å²) in [5, 5.41) is 10.5. The fourth-order valence-electron chi connectivity index (χ4n) is 3.22. The molecule has 3 saturated heterocycles. The normalized spacial score (nSPS) is 50.1. The molecule has 0 aromatic carbocycles. The lowest BCUT2D eigenvalue weighted by Gasteiger charge is -2.33. The van der Waals surface area contributed by atoms with Gasteiger partial charge >= 0.3 is 0 Å². The highest BCUT2D eigenvalue weighted by atomic mass is 79.9. The van der Waals surface area contributed by atoms with Crippen LogP contribution in [0.1, 0.15) is 25.7 Å². The topological polar surface area (TPSA) is 40.5 Å². The maximum Gasteiger partial charge on any atom is 0.204 e. The summed E-state index contributed by atoms with van der Waals surface area (Å²) < 4.78 is -0.635. The van der Waals surface area contributed by atoms with E-state index in [4.69, 9.17) is 0 Å². The summed E-state index contributed by atoms with van der Waals surface area (Å²) in [6.07, 6.45) is 3.45. The van der Waals surface area contributed by atoms with Crippen molar-refractivity contribution in [2.24, 2.45) is 0 Å². The molecule has 5 heteroatoms. The van der Waals surface area contributed by atoms with Gasteiger partial charge in [-0.15, -0.1) is 0 Å². The van der Waals surface area contributed by atoms with E-state index in [-0.39, 0.29) is 11.8 Å². The third-order valence-corrected chi connectivity index (χ3v) is 5.56. The molecule has 3 heterocycles. The van der Waals surface area contributed by atoms with E-state index in [0.29, 0.717) is 12.5 Å². The molecule has 14 heavy (non-hydrogen) atoms. The van der Waals surface area contributed by atoms with Crippen molar-refractivity contribution in [3.05, 3.63) is 0 Å². The van der Waals surface area contributed by atoms with Gasteiger partial charge in [-0.3, -0.25) is 9.69 Å². The molecule has 3 aliphatic heterocycles. The quantitative estimate of drug-likeness (QED) is 0.684. The van der Waals surface area contributed by atoms with Crippen LogP contribution in [0.15, 0.2) is 0 Å². The van der Waals surface area contributed by atoms with E-state index in [1.54, 1.807) is 0 Å². The lowest BCUT2D eigenvalue weighted by Crippen LogP contribution is -2.54. The van der Waals surface area contributed by atoms with Crippen molar-refractivity contribution in [2.45, 2.75) is 46.7 Å². The highest BCUT2D eigenvalue weighted by molar-refractivity contribution is 9.25. The molecule has 0 radical (unpaired) electrons. The van der Waals surface area contributed by atoms with E-state index in [1.807, 2.05) is 4.90 Å². The van der Waals surface area contributed by atoms with Gasteiger partial charge in [0.05, 0.1) is 0 Å². The molecular weight excluding hydrogens is 314 g/mol. The van der Waals surface area contributed by atoms with Crippen LogP contribution < -0.4 is 0 Å². The Kier molecular flexibility index (Phi) is 1.82. The molecule has 0 aromatic heterocycles. The first-order valence-corrected chi connectivity index (χ1v) is 6.47. The van der Waals surface area contributed by atoms with Crippen molar-refractivity contribution >= 4 is 37.6 Å². The first kappa shape index (κ1) is 9.75. The smallest absolute Gasteiger partial charge is 0.204 e. The summed E-state index contributed by atoms with van der Waals surface area (Å²) in [7, 11) is 0. The molecule has 0 spiro atoms. The van der Waals surface area contributed by atoms with Gasteiger partial charge < -0.3 is 5.11 Å². The minimum Gasteiger partial charge on any atom is -0.367 e. The molecule has 1 N–H and O–H groups in total. The van der Waals surface area contributed by atoms with Gasteiger partial charge in [0, 0.05) is 18.5 Å². The van der Waals surface area contributed by atoms with Crippen LogP contribution in [0, 0.1) is 0 Å². The van der Waals surface area contributed by atoms with Crippen LogP contribution in [0.5, 0.6) is 0 Å². The number of nitrogens with zero attached hydrogens (tertiary/aromatic N) is 1. The van der Waals surface area contributed by atoms with Gasteiger partial charge in [0.25, 0.3) is 0 Å². The number of ketones is 1. The first-order valence-electron chi connectivity index (χ1n) is 4.89. The summed E-state index contributed by atoms with van der Waals surface area (Å²) in [5.41, 5.74) is -1.31. The standard InChI is InChI=1S/C9H11Br2NO2/c10-8(11)4-6-2-1-5-3-7(13)9(8,14)12(5)6/h5-6,14H,1-4H2/t5-,6+,9+/m1/s1. The lowest BCUT2D eigenvalue weighted by molar-refractivity contribution is -0.145.